The van der Waals surface area contributed by atoms with Crippen molar-refractivity contribution >= 4 is 5.97 Å². The van der Waals surface area contributed by atoms with Gasteiger partial charge in [0.2, 0.25) is 0 Å². The molecule has 0 saturated carbocycles. The lowest BCUT2D eigenvalue weighted by Crippen LogP contribution is -2.12. The van der Waals surface area contributed by atoms with Gasteiger partial charge >= 0.3 is 5.97 Å². The van der Waals surface area contributed by atoms with E-state index in [0.717, 1.165) is 12.5 Å². The monoisotopic (exact) mass is 256 g/mol. The van der Waals surface area contributed by atoms with Gasteiger partial charge in [0, 0.05) is 0 Å². The van der Waals surface area contributed by atoms with Gasteiger partial charge < -0.3 is 4.74 Å². The van der Waals surface area contributed by atoms with Gasteiger partial charge in [0.15, 0.2) is 11.6 Å². The van der Waals surface area contributed by atoms with Gasteiger partial charge in [0.25, 0.3) is 0 Å². The van der Waals surface area contributed by atoms with Crippen LogP contribution in [0.25, 0.3) is 0 Å². The summed E-state index contributed by atoms with van der Waals surface area (Å²) in [7, 11) is 0. The number of benzene rings is 1. The lowest BCUT2D eigenvalue weighted by Gasteiger charge is -2.16. The van der Waals surface area contributed by atoms with Crippen LogP contribution in [0.1, 0.15) is 44.6 Å². The summed E-state index contributed by atoms with van der Waals surface area (Å²) < 4.78 is 31.7. The number of esters is 1. The van der Waals surface area contributed by atoms with E-state index in [4.69, 9.17) is 4.74 Å². The first-order valence-corrected chi connectivity index (χ1v) is 6.19. The van der Waals surface area contributed by atoms with Gasteiger partial charge in [0.1, 0.15) is 0 Å². The Morgan fingerprint density at radius 3 is 2.67 bits per heavy atom. The third kappa shape index (κ3) is 3.79. The summed E-state index contributed by atoms with van der Waals surface area (Å²) in [4.78, 5) is 11.5. The van der Waals surface area contributed by atoms with Crippen molar-refractivity contribution in [2.75, 3.05) is 6.61 Å². The molecular formula is C14H18F2O2. The normalized spacial score (nSPS) is 12.2. The lowest BCUT2D eigenvalue weighted by atomic mass is 9.91. The molecule has 1 atom stereocenters. The maximum atomic E-state index is 13.7. The van der Waals surface area contributed by atoms with Crippen LogP contribution in [0.4, 0.5) is 8.78 Å². The van der Waals surface area contributed by atoms with E-state index in [-0.39, 0.29) is 23.9 Å². The molecule has 1 aromatic carbocycles. The van der Waals surface area contributed by atoms with Crippen LogP contribution in [-0.4, -0.2) is 12.6 Å². The fourth-order valence-electron chi connectivity index (χ4n) is 1.97. The summed E-state index contributed by atoms with van der Waals surface area (Å²) in [6.07, 6.45) is 1.50. The topological polar surface area (TPSA) is 26.3 Å². The van der Waals surface area contributed by atoms with E-state index in [2.05, 4.69) is 0 Å². The molecule has 0 N–H and O–H groups in total. The fraction of sp³-hybridized carbons (Fsp3) is 0.500. The predicted octanol–water partition coefficient (Wildman–Crippen LogP) is 3.80. The highest BCUT2D eigenvalue weighted by atomic mass is 19.2. The van der Waals surface area contributed by atoms with Crippen molar-refractivity contribution < 1.29 is 18.3 Å². The maximum Gasteiger partial charge on any atom is 0.306 e. The molecular weight excluding hydrogens is 238 g/mol. The summed E-state index contributed by atoms with van der Waals surface area (Å²) in [5.41, 5.74) is 0.255. The molecule has 0 fully saturated rings. The Labute approximate surface area is 106 Å². The van der Waals surface area contributed by atoms with E-state index in [1.807, 2.05) is 6.92 Å². The Balaban J connectivity index is 2.90. The third-order valence-electron chi connectivity index (χ3n) is 2.78. The van der Waals surface area contributed by atoms with Crippen LogP contribution in [0, 0.1) is 11.6 Å². The molecule has 2 nitrogen and oxygen atoms in total. The van der Waals surface area contributed by atoms with Crippen molar-refractivity contribution in [3.05, 3.63) is 35.4 Å². The van der Waals surface area contributed by atoms with Crippen LogP contribution in [0.3, 0.4) is 0 Å². The van der Waals surface area contributed by atoms with E-state index >= 15 is 0 Å². The second kappa shape index (κ2) is 7.09. The highest BCUT2D eigenvalue weighted by molar-refractivity contribution is 5.70. The molecule has 0 amide bonds. The molecule has 1 aromatic rings. The molecule has 0 bridgehead atoms. The SMILES string of the molecule is CCCC(CC(=O)OCC)c1cccc(F)c1F. The van der Waals surface area contributed by atoms with E-state index in [9.17, 15) is 13.6 Å². The molecule has 1 rings (SSSR count). The van der Waals surface area contributed by atoms with Crippen LogP contribution >= 0.6 is 0 Å². The molecule has 4 heteroatoms. The van der Waals surface area contributed by atoms with Gasteiger partial charge in [-0.25, -0.2) is 8.78 Å². The Kier molecular flexibility index (Phi) is 5.75. The Morgan fingerprint density at radius 1 is 1.33 bits per heavy atom. The second-order valence-electron chi connectivity index (χ2n) is 4.14. The zero-order valence-corrected chi connectivity index (χ0v) is 10.7. The molecule has 1 unspecified atom stereocenters. The Hall–Kier alpha value is -1.45. The summed E-state index contributed by atoms with van der Waals surface area (Å²) in [5.74, 6) is -2.44. The minimum Gasteiger partial charge on any atom is -0.466 e. The number of rotatable bonds is 6. The molecule has 0 aromatic heterocycles. The molecule has 0 spiro atoms. The van der Waals surface area contributed by atoms with Crippen LogP contribution in [0.2, 0.25) is 0 Å². The number of hydrogen-bond acceptors (Lipinski definition) is 2. The van der Waals surface area contributed by atoms with Gasteiger partial charge in [-0.3, -0.25) is 4.79 Å². The zero-order chi connectivity index (χ0) is 13.5. The molecule has 0 radical (unpaired) electrons. The Bertz CT molecular complexity index is 405. The van der Waals surface area contributed by atoms with Crippen LogP contribution in [0.5, 0.6) is 0 Å². The smallest absolute Gasteiger partial charge is 0.306 e. The summed E-state index contributed by atoms with van der Waals surface area (Å²) >= 11 is 0. The molecule has 0 aliphatic carbocycles. The van der Waals surface area contributed by atoms with Gasteiger partial charge in [-0.05, 0) is 30.9 Å². The molecule has 18 heavy (non-hydrogen) atoms. The molecule has 0 aliphatic rings. The number of ether oxygens (including phenoxy) is 1. The van der Waals surface area contributed by atoms with E-state index in [0.29, 0.717) is 13.0 Å². The number of halogens is 2. The quantitative estimate of drug-likeness (QED) is 0.724. The van der Waals surface area contributed by atoms with E-state index < -0.39 is 11.6 Å². The molecule has 0 heterocycles. The minimum atomic E-state index is -0.877. The Morgan fingerprint density at radius 2 is 2.06 bits per heavy atom. The average molecular weight is 256 g/mol. The predicted molar refractivity (Wildman–Crippen MR) is 65.3 cm³/mol. The first-order chi connectivity index (χ1) is 8.60. The number of carbonyl (C=O) groups excluding carboxylic acids is 1. The van der Waals surface area contributed by atoms with Crippen LogP contribution < -0.4 is 0 Å². The highest BCUT2D eigenvalue weighted by Crippen LogP contribution is 2.28. The highest BCUT2D eigenvalue weighted by Gasteiger charge is 2.21. The first kappa shape index (κ1) is 14.6. The largest absolute Gasteiger partial charge is 0.466 e. The molecule has 100 valence electrons. The maximum absolute atomic E-state index is 13.7. The number of hydrogen-bond donors (Lipinski definition) is 0. The summed E-state index contributed by atoms with van der Waals surface area (Å²) in [6.45, 7) is 3.95. The first-order valence-electron chi connectivity index (χ1n) is 6.19. The van der Waals surface area contributed by atoms with Crippen LogP contribution in [-0.2, 0) is 9.53 Å². The standard InChI is InChI=1S/C14H18F2O2/c1-3-6-10(9-13(17)18-4-2)11-7-5-8-12(15)14(11)16/h5,7-8,10H,3-4,6,9H2,1-2H3. The van der Waals surface area contributed by atoms with Crippen molar-refractivity contribution in [2.45, 2.75) is 39.0 Å². The van der Waals surface area contributed by atoms with Gasteiger partial charge in [0.05, 0.1) is 13.0 Å². The average Bonchev–Trinajstić information content (AvgIpc) is 2.32. The van der Waals surface area contributed by atoms with Crippen molar-refractivity contribution in [2.24, 2.45) is 0 Å². The molecule has 0 aliphatic heterocycles. The van der Waals surface area contributed by atoms with Crippen LogP contribution in [0.15, 0.2) is 18.2 Å². The number of carbonyl (C=O) groups is 1. The van der Waals surface area contributed by atoms with E-state index in [1.54, 1.807) is 6.92 Å². The van der Waals surface area contributed by atoms with Gasteiger partial charge in [-0.1, -0.05) is 25.5 Å². The summed E-state index contributed by atoms with van der Waals surface area (Å²) in [6, 6.07) is 4.06. The second-order valence-corrected chi connectivity index (χ2v) is 4.14. The summed E-state index contributed by atoms with van der Waals surface area (Å²) in [5, 5.41) is 0. The lowest BCUT2D eigenvalue weighted by molar-refractivity contribution is -0.143. The van der Waals surface area contributed by atoms with Crippen molar-refractivity contribution in [3.8, 4) is 0 Å². The van der Waals surface area contributed by atoms with Crippen molar-refractivity contribution in [1.82, 2.24) is 0 Å². The minimum absolute atomic E-state index is 0.0854. The molecule has 0 saturated heterocycles. The fourth-order valence-corrected chi connectivity index (χ4v) is 1.97. The third-order valence-corrected chi connectivity index (χ3v) is 2.78. The van der Waals surface area contributed by atoms with Crippen molar-refractivity contribution in [1.29, 1.82) is 0 Å². The van der Waals surface area contributed by atoms with Gasteiger partial charge in [-0.2, -0.15) is 0 Å². The zero-order valence-electron chi connectivity index (χ0n) is 10.7. The van der Waals surface area contributed by atoms with Gasteiger partial charge in [-0.15, -0.1) is 0 Å². The van der Waals surface area contributed by atoms with Crippen molar-refractivity contribution in [3.63, 3.8) is 0 Å². The van der Waals surface area contributed by atoms with E-state index in [1.165, 1.54) is 12.1 Å².